The quantitative estimate of drug-likeness (QED) is 0.351. The van der Waals surface area contributed by atoms with Crippen LogP contribution in [0.1, 0.15) is 44.7 Å². The van der Waals surface area contributed by atoms with Crippen LogP contribution in [0.15, 0.2) is 28.0 Å². The number of aromatic nitrogens is 2. The zero-order valence-electron chi connectivity index (χ0n) is 19.7. The smallest absolute Gasteiger partial charge is 0.309 e. The van der Waals surface area contributed by atoms with Crippen molar-refractivity contribution in [2.45, 2.75) is 46.6 Å². The van der Waals surface area contributed by atoms with E-state index in [1.807, 2.05) is 31.7 Å². The Bertz CT molecular complexity index is 1250. The van der Waals surface area contributed by atoms with Crippen LogP contribution in [-0.4, -0.2) is 56.2 Å². The summed E-state index contributed by atoms with van der Waals surface area (Å²) in [5.41, 5.74) is 1.55. The lowest BCUT2D eigenvalue weighted by atomic mass is 9.96. The number of hydrogen-bond acceptors (Lipinski definition) is 8. The maximum absolute atomic E-state index is 13.6. The molecule has 10 heteroatoms. The molecule has 1 amide bonds. The minimum Gasteiger partial charge on any atom is -0.466 e. The highest BCUT2D eigenvalue weighted by atomic mass is 32.2. The Morgan fingerprint density at radius 1 is 1.32 bits per heavy atom. The molecular formula is C24H28N4O4S2. The predicted molar refractivity (Wildman–Crippen MR) is 138 cm³/mol. The number of hydrogen-bond donors (Lipinski definition) is 0. The molecule has 0 atom stereocenters. The first-order chi connectivity index (χ1) is 16.2. The van der Waals surface area contributed by atoms with E-state index in [4.69, 9.17) is 21.9 Å². The monoisotopic (exact) mass is 500 g/mol. The maximum Gasteiger partial charge on any atom is 0.309 e. The molecule has 4 heterocycles. The fraction of sp³-hybridized carbons (Fsp3) is 0.458. The second-order valence-electron chi connectivity index (χ2n) is 8.70. The Morgan fingerprint density at radius 3 is 2.65 bits per heavy atom. The number of carbonyl (C=O) groups is 2. The molecule has 0 N–H and O–H groups in total. The van der Waals surface area contributed by atoms with E-state index < -0.39 is 0 Å². The summed E-state index contributed by atoms with van der Waals surface area (Å²) in [4.78, 5) is 47.7. The van der Waals surface area contributed by atoms with Crippen molar-refractivity contribution in [3.8, 4) is 0 Å². The van der Waals surface area contributed by atoms with Crippen LogP contribution in [-0.2, 0) is 14.3 Å². The van der Waals surface area contributed by atoms with Gasteiger partial charge in [0.05, 0.1) is 23.0 Å². The Labute approximate surface area is 208 Å². The highest BCUT2D eigenvalue weighted by Crippen LogP contribution is 2.35. The van der Waals surface area contributed by atoms with Gasteiger partial charge < -0.3 is 9.64 Å². The van der Waals surface area contributed by atoms with Crippen LogP contribution in [0.2, 0.25) is 0 Å². The molecule has 4 rings (SSSR count). The normalized spacial score (nSPS) is 18.6. The lowest BCUT2D eigenvalue weighted by Gasteiger charge is -2.32. The first-order valence-electron chi connectivity index (χ1n) is 11.4. The van der Waals surface area contributed by atoms with Gasteiger partial charge in [0.15, 0.2) is 0 Å². The number of thiocarbonyl (C=S) groups is 1. The molecule has 0 bridgehead atoms. The predicted octanol–water partition coefficient (Wildman–Crippen LogP) is 3.39. The standard InChI is InChI=1S/C24H28N4O4S2/c1-5-32-23(31)16-8-11-26(12-9-16)20-17(13-18-22(30)28(14(2)3)24(33)34-18)21(29)27-10-6-7-15(4)19(27)25-20/h6-7,10,13-14,16H,5,8-9,11-12H2,1-4H3/b18-13-. The first-order valence-corrected chi connectivity index (χ1v) is 12.7. The average Bonchev–Trinajstić information content (AvgIpc) is 3.09. The van der Waals surface area contributed by atoms with Crippen molar-refractivity contribution in [1.29, 1.82) is 0 Å². The van der Waals surface area contributed by atoms with Gasteiger partial charge in [0.2, 0.25) is 0 Å². The Morgan fingerprint density at radius 2 is 2.03 bits per heavy atom. The third-order valence-corrected chi connectivity index (χ3v) is 7.42. The van der Waals surface area contributed by atoms with Gasteiger partial charge in [-0.1, -0.05) is 30.0 Å². The van der Waals surface area contributed by atoms with Gasteiger partial charge in [0, 0.05) is 25.3 Å². The van der Waals surface area contributed by atoms with Crippen molar-refractivity contribution in [3.05, 3.63) is 44.7 Å². The van der Waals surface area contributed by atoms with Gasteiger partial charge in [-0.3, -0.25) is 23.7 Å². The molecule has 0 saturated carbocycles. The topological polar surface area (TPSA) is 84.2 Å². The summed E-state index contributed by atoms with van der Waals surface area (Å²) in [5, 5.41) is 0. The van der Waals surface area contributed by atoms with Crippen LogP contribution in [0, 0.1) is 12.8 Å². The molecule has 2 aliphatic rings. The van der Waals surface area contributed by atoms with E-state index in [1.165, 1.54) is 16.2 Å². The molecule has 8 nitrogen and oxygen atoms in total. The first kappa shape index (κ1) is 24.4. The summed E-state index contributed by atoms with van der Waals surface area (Å²) in [7, 11) is 0. The van der Waals surface area contributed by atoms with Crippen molar-refractivity contribution >= 4 is 57.7 Å². The zero-order valence-corrected chi connectivity index (χ0v) is 21.4. The number of thioether (sulfide) groups is 1. The zero-order chi connectivity index (χ0) is 24.6. The van der Waals surface area contributed by atoms with E-state index in [1.54, 1.807) is 30.2 Å². The summed E-state index contributed by atoms with van der Waals surface area (Å²) in [6.45, 7) is 9.00. The van der Waals surface area contributed by atoms with Crippen molar-refractivity contribution in [2.24, 2.45) is 5.92 Å². The lowest BCUT2D eigenvalue weighted by molar-refractivity contribution is -0.148. The van der Waals surface area contributed by atoms with E-state index in [9.17, 15) is 14.4 Å². The molecule has 2 aromatic heterocycles. The highest BCUT2D eigenvalue weighted by molar-refractivity contribution is 8.26. The number of esters is 1. The van der Waals surface area contributed by atoms with E-state index >= 15 is 0 Å². The van der Waals surface area contributed by atoms with Crippen LogP contribution in [0.5, 0.6) is 0 Å². The summed E-state index contributed by atoms with van der Waals surface area (Å²) in [5.74, 6) is -0.0190. The van der Waals surface area contributed by atoms with Crippen molar-refractivity contribution < 1.29 is 14.3 Å². The van der Waals surface area contributed by atoms with Gasteiger partial charge in [0.25, 0.3) is 11.5 Å². The van der Waals surface area contributed by atoms with E-state index in [0.29, 0.717) is 58.8 Å². The molecule has 2 aliphatic heterocycles. The van der Waals surface area contributed by atoms with Gasteiger partial charge in [-0.15, -0.1) is 0 Å². The number of nitrogens with zero attached hydrogens (tertiary/aromatic N) is 4. The number of fused-ring (bicyclic) bond motifs is 1. The minimum absolute atomic E-state index is 0.0711. The Balaban J connectivity index is 1.78. The second-order valence-corrected chi connectivity index (χ2v) is 10.4. The van der Waals surface area contributed by atoms with Gasteiger partial charge >= 0.3 is 5.97 Å². The molecule has 180 valence electrons. The van der Waals surface area contributed by atoms with Gasteiger partial charge in [-0.05, 0) is 58.2 Å². The van der Waals surface area contributed by atoms with Crippen LogP contribution in [0.25, 0.3) is 11.7 Å². The number of anilines is 1. The number of aryl methyl sites for hydroxylation is 1. The molecule has 2 saturated heterocycles. The van der Waals surface area contributed by atoms with Crippen molar-refractivity contribution in [1.82, 2.24) is 14.3 Å². The Kier molecular flexibility index (Phi) is 7.09. The molecule has 2 fully saturated rings. The minimum atomic E-state index is -0.244. The van der Waals surface area contributed by atoms with Crippen LogP contribution < -0.4 is 10.5 Å². The number of rotatable bonds is 5. The summed E-state index contributed by atoms with van der Waals surface area (Å²) < 4.78 is 7.18. The van der Waals surface area contributed by atoms with Crippen LogP contribution in [0.4, 0.5) is 5.82 Å². The summed E-state index contributed by atoms with van der Waals surface area (Å²) in [6.07, 6.45) is 4.54. The van der Waals surface area contributed by atoms with Gasteiger partial charge in [-0.25, -0.2) is 4.98 Å². The van der Waals surface area contributed by atoms with E-state index in [2.05, 4.69) is 0 Å². The van der Waals surface area contributed by atoms with Crippen LogP contribution >= 0.6 is 24.0 Å². The molecule has 0 aromatic carbocycles. The average molecular weight is 501 g/mol. The Hall–Kier alpha value is -2.72. The molecule has 0 unspecified atom stereocenters. The summed E-state index contributed by atoms with van der Waals surface area (Å²) in [6, 6.07) is 3.64. The SMILES string of the molecule is CCOC(=O)C1CCN(c2nc3c(C)cccn3c(=O)c2/C=C2\SC(=S)N(C(C)C)C2=O)CC1. The summed E-state index contributed by atoms with van der Waals surface area (Å²) >= 11 is 6.61. The number of carbonyl (C=O) groups excluding carboxylic acids is 2. The third-order valence-electron chi connectivity index (χ3n) is 6.09. The number of piperidine rings is 1. The molecule has 2 aromatic rings. The fourth-order valence-corrected chi connectivity index (χ4v) is 5.82. The molecule has 0 radical (unpaired) electrons. The number of amides is 1. The van der Waals surface area contributed by atoms with E-state index in [-0.39, 0.29) is 29.4 Å². The second kappa shape index (κ2) is 9.87. The largest absolute Gasteiger partial charge is 0.466 e. The molecule has 0 spiro atoms. The molecular weight excluding hydrogens is 472 g/mol. The van der Waals surface area contributed by atoms with E-state index in [0.717, 1.165) is 5.56 Å². The van der Waals surface area contributed by atoms with Crippen molar-refractivity contribution in [2.75, 3.05) is 24.6 Å². The maximum atomic E-state index is 13.6. The lowest BCUT2D eigenvalue weighted by Crippen LogP contribution is -2.39. The number of pyridine rings is 1. The molecule has 34 heavy (non-hydrogen) atoms. The van der Waals surface area contributed by atoms with Crippen LogP contribution in [0.3, 0.4) is 0 Å². The van der Waals surface area contributed by atoms with Gasteiger partial charge in [-0.2, -0.15) is 0 Å². The van der Waals surface area contributed by atoms with Crippen molar-refractivity contribution in [3.63, 3.8) is 0 Å². The fourth-order valence-electron chi connectivity index (χ4n) is 4.31. The molecule has 0 aliphatic carbocycles. The number of ether oxygens (including phenoxy) is 1. The third kappa shape index (κ3) is 4.48. The van der Waals surface area contributed by atoms with Gasteiger partial charge in [0.1, 0.15) is 15.8 Å². The highest BCUT2D eigenvalue weighted by Gasteiger charge is 2.35.